The molecule has 12 heteroatoms. The molecule has 220 valence electrons. The van der Waals surface area contributed by atoms with Crippen molar-refractivity contribution in [3.63, 3.8) is 0 Å². The van der Waals surface area contributed by atoms with Crippen LogP contribution in [0.2, 0.25) is 20.1 Å². The lowest BCUT2D eigenvalue weighted by atomic mass is 10.0. The quantitative estimate of drug-likeness (QED) is 0.237. The molecule has 7 nitrogen and oxygen atoms in total. The highest BCUT2D eigenvalue weighted by molar-refractivity contribution is 7.92. The number of nitrogens with one attached hydrogen (secondary N) is 1. The molecule has 1 N–H and O–H groups in total. The maximum Gasteiger partial charge on any atom is 0.244 e. The minimum Gasteiger partial charge on any atom is -0.352 e. The Hall–Kier alpha value is -2.49. The number of anilines is 1. The van der Waals surface area contributed by atoms with Crippen molar-refractivity contribution >= 4 is 73.9 Å². The van der Waals surface area contributed by atoms with E-state index in [4.69, 9.17) is 46.4 Å². The maximum absolute atomic E-state index is 14.1. The second-order valence-electron chi connectivity index (χ2n) is 9.64. The van der Waals surface area contributed by atoms with E-state index in [1.54, 1.807) is 18.2 Å². The molecule has 0 saturated carbocycles. The molecule has 41 heavy (non-hydrogen) atoms. The highest BCUT2D eigenvalue weighted by Crippen LogP contribution is 2.34. The van der Waals surface area contributed by atoms with E-state index in [1.165, 1.54) is 23.1 Å². The van der Waals surface area contributed by atoms with E-state index in [2.05, 4.69) is 5.32 Å². The van der Waals surface area contributed by atoms with Crippen LogP contribution in [0.5, 0.6) is 0 Å². The van der Waals surface area contributed by atoms with Gasteiger partial charge < -0.3 is 10.2 Å². The summed E-state index contributed by atoms with van der Waals surface area (Å²) in [4.78, 5) is 29.2. The lowest BCUT2D eigenvalue weighted by Gasteiger charge is -2.34. The Kier molecular flexibility index (Phi) is 11.8. The van der Waals surface area contributed by atoms with Gasteiger partial charge in [-0.25, -0.2) is 8.42 Å². The summed E-state index contributed by atoms with van der Waals surface area (Å²) in [5.41, 5.74) is 1.48. The number of hydrogen-bond acceptors (Lipinski definition) is 4. The first-order valence-electron chi connectivity index (χ1n) is 12.8. The Balaban J connectivity index is 2.11. The Bertz CT molecular complexity index is 1490. The zero-order valence-corrected chi connectivity index (χ0v) is 26.6. The van der Waals surface area contributed by atoms with Gasteiger partial charge in [-0.2, -0.15) is 0 Å². The molecular formula is C29H31Cl4N3O4S. The molecule has 2 atom stereocenters. The van der Waals surface area contributed by atoms with Crippen LogP contribution in [0.25, 0.3) is 0 Å². The zero-order chi connectivity index (χ0) is 30.3. The lowest BCUT2D eigenvalue weighted by molar-refractivity contribution is -0.140. The van der Waals surface area contributed by atoms with E-state index >= 15 is 0 Å². The smallest absolute Gasteiger partial charge is 0.244 e. The monoisotopic (exact) mass is 657 g/mol. The first-order valence-corrected chi connectivity index (χ1v) is 16.2. The summed E-state index contributed by atoms with van der Waals surface area (Å²) in [6.45, 7) is 3.15. The average molecular weight is 659 g/mol. The molecule has 0 aromatic heterocycles. The molecule has 3 rings (SSSR count). The molecule has 0 heterocycles. The van der Waals surface area contributed by atoms with Gasteiger partial charge in [-0.05, 0) is 48.7 Å². The van der Waals surface area contributed by atoms with E-state index in [0.717, 1.165) is 16.1 Å². The molecule has 2 amide bonds. The third-order valence-corrected chi connectivity index (χ3v) is 9.16. The van der Waals surface area contributed by atoms with E-state index in [1.807, 2.05) is 44.2 Å². The van der Waals surface area contributed by atoms with E-state index < -0.39 is 28.5 Å². The number of carbonyl (C=O) groups is 2. The number of hydrogen-bond donors (Lipinski definition) is 1. The van der Waals surface area contributed by atoms with Gasteiger partial charge in [0.15, 0.2) is 0 Å². The normalized spacial score (nSPS) is 12.9. The number of halogens is 4. The Labute approximate surface area is 261 Å². The second kappa shape index (κ2) is 14.6. The summed E-state index contributed by atoms with van der Waals surface area (Å²) in [7, 11) is -4.00. The van der Waals surface area contributed by atoms with Crippen molar-refractivity contribution in [1.82, 2.24) is 10.2 Å². The number of carbonyl (C=O) groups excluding carboxylic acids is 2. The van der Waals surface area contributed by atoms with Crippen molar-refractivity contribution in [3.05, 3.63) is 97.9 Å². The molecule has 0 radical (unpaired) electrons. The van der Waals surface area contributed by atoms with Crippen molar-refractivity contribution < 1.29 is 18.0 Å². The Morgan fingerprint density at radius 3 is 2.17 bits per heavy atom. The SMILES string of the molecule is CCC(C)NC(=O)C(Cc1ccccc1)N(Cc1ccc(Cl)c(Cl)c1)C(=O)CN(c1cccc(Cl)c1Cl)S(C)(=O)=O. The molecule has 3 aromatic rings. The van der Waals surface area contributed by atoms with Crippen molar-refractivity contribution in [2.24, 2.45) is 0 Å². The van der Waals surface area contributed by atoms with Gasteiger partial charge in [-0.3, -0.25) is 13.9 Å². The standard InChI is InChI=1S/C29H31Cl4N3O4S/c1-4-19(2)34-29(38)26(16-20-9-6-5-7-10-20)35(17-21-13-14-22(30)24(32)15-21)27(37)18-36(41(3,39)40)25-12-8-11-23(31)28(25)33/h5-15,19,26H,4,16-18H2,1-3H3,(H,34,38). The van der Waals surface area contributed by atoms with Gasteiger partial charge in [0.05, 0.1) is 32.0 Å². The summed E-state index contributed by atoms with van der Waals surface area (Å²) < 4.78 is 26.7. The first-order chi connectivity index (χ1) is 19.3. The lowest BCUT2D eigenvalue weighted by Crippen LogP contribution is -2.54. The maximum atomic E-state index is 14.1. The van der Waals surface area contributed by atoms with Crippen molar-refractivity contribution in [2.75, 3.05) is 17.1 Å². The number of benzene rings is 3. The molecule has 2 unspecified atom stereocenters. The van der Waals surface area contributed by atoms with Gasteiger partial charge in [0, 0.05) is 19.0 Å². The number of rotatable bonds is 12. The molecule has 0 saturated heterocycles. The minimum atomic E-state index is -4.00. The van der Waals surface area contributed by atoms with Gasteiger partial charge in [0.25, 0.3) is 0 Å². The van der Waals surface area contributed by atoms with Gasteiger partial charge in [-0.15, -0.1) is 0 Å². The Morgan fingerprint density at radius 2 is 1.56 bits per heavy atom. The van der Waals surface area contributed by atoms with Crippen molar-refractivity contribution in [1.29, 1.82) is 0 Å². The predicted octanol–water partition coefficient (Wildman–Crippen LogP) is 6.62. The number of nitrogens with zero attached hydrogens (tertiary/aromatic N) is 2. The van der Waals surface area contributed by atoms with Gasteiger partial charge in [0.1, 0.15) is 12.6 Å². The summed E-state index contributed by atoms with van der Waals surface area (Å²) >= 11 is 24.9. The molecule has 0 spiro atoms. The summed E-state index contributed by atoms with van der Waals surface area (Å²) in [6, 6.07) is 17.6. The third-order valence-electron chi connectivity index (χ3n) is 6.49. The Morgan fingerprint density at radius 1 is 0.878 bits per heavy atom. The van der Waals surface area contributed by atoms with E-state index in [9.17, 15) is 18.0 Å². The molecule has 0 fully saturated rings. The summed E-state index contributed by atoms with van der Waals surface area (Å²) in [5, 5.41) is 3.71. The van der Waals surface area contributed by atoms with Gasteiger partial charge in [-0.1, -0.05) is 95.8 Å². The molecular weight excluding hydrogens is 628 g/mol. The van der Waals surface area contributed by atoms with Crippen LogP contribution >= 0.6 is 46.4 Å². The molecule has 0 aliphatic heterocycles. The fraction of sp³-hybridized carbons (Fsp3) is 0.310. The van der Waals surface area contributed by atoms with E-state index in [0.29, 0.717) is 17.0 Å². The van der Waals surface area contributed by atoms with Crippen LogP contribution in [0.3, 0.4) is 0 Å². The average Bonchev–Trinajstić information content (AvgIpc) is 2.92. The molecule has 0 aliphatic carbocycles. The molecule has 3 aromatic carbocycles. The minimum absolute atomic E-state index is 0.0150. The van der Waals surface area contributed by atoms with Gasteiger partial charge in [0.2, 0.25) is 21.8 Å². The van der Waals surface area contributed by atoms with Crippen LogP contribution in [0.1, 0.15) is 31.4 Å². The fourth-order valence-electron chi connectivity index (χ4n) is 4.11. The van der Waals surface area contributed by atoms with Crippen LogP contribution in [-0.4, -0.2) is 50.0 Å². The summed E-state index contributed by atoms with van der Waals surface area (Å²) in [6.07, 6.45) is 1.84. The highest BCUT2D eigenvalue weighted by Gasteiger charge is 2.34. The van der Waals surface area contributed by atoms with Crippen LogP contribution < -0.4 is 9.62 Å². The number of sulfonamides is 1. The van der Waals surface area contributed by atoms with Crippen LogP contribution in [0.15, 0.2) is 66.7 Å². The highest BCUT2D eigenvalue weighted by atomic mass is 35.5. The predicted molar refractivity (Wildman–Crippen MR) is 167 cm³/mol. The third kappa shape index (κ3) is 9.00. The number of amides is 2. The second-order valence-corrected chi connectivity index (χ2v) is 13.1. The van der Waals surface area contributed by atoms with Crippen LogP contribution in [0.4, 0.5) is 5.69 Å². The van der Waals surface area contributed by atoms with Crippen molar-refractivity contribution in [2.45, 2.75) is 45.3 Å². The fourth-order valence-corrected chi connectivity index (χ4v) is 5.73. The first kappa shape index (κ1) is 33.0. The zero-order valence-electron chi connectivity index (χ0n) is 22.8. The molecule has 0 bridgehead atoms. The van der Waals surface area contributed by atoms with Crippen molar-refractivity contribution in [3.8, 4) is 0 Å². The topological polar surface area (TPSA) is 86.8 Å². The van der Waals surface area contributed by atoms with Gasteiger partial charge >= 0.3 is 0 Å². The van der Waals surface area contributed by atoms with Crippen LogP contribution in [-0.2, 0) is 32.6 Å². The molecule has 0 aliphatic rings. The van der Waals surface area contributed by atoms with E-state index in [-0.39, 0.29) is 45.7 Å². The van der Waals surface area contributed by atoms with Crippen LogP contribution in [0, 0.1) is 0 Å². The largest absolute Gasteiger partial charge is 0.352 e. The summed E-state index contributed by atoms with van der Waals surface area (Å²) in [5.74, 6) is -0.999.